The number of amides is 1. The van der Waals surface area contributed by atoms with Gasteiger partial charge < -0.3 is 5.11 Å². The van der Waals surface area contributed by atoms with E-state index in [1.54, 1.807) is 43.5 Å². The lowest BCUT2D eigenvalue weighted by Gasteiger charge is -2.09. The number of anilines is 1. The molecule has 0 aliphatic rings. The average molecular weight is 244 g/mol. The Morgan fingerprint density at radius 1 is 1.28 bits per heavy atom. The quantitative estimate of drug-likeness (QED) is 0.851. The van der Waals surface area contributed by atoms with E-state index in [2.05, 4.69) is 5.32 Å². The topological polar surface area (TPSA) is 71.3 Å². The van der Waals surface area contributed by atoms with E-state index in [4.69, 9.17) is 5.11 Å². The monoisotopic (exact) mass is 244 g/mol. The van der Waals surface area contributed by atoms with Crippen molar-refractivity contribution in [1.82, 2.24) is 4.57 Å². The largest absolute Gasteiger partial charge is 0.465 e. The zero-order valence-electron chi connectivity index (χ0n) is 9.75. The number of benzene rings is 1. The maximum atomic E-state index is 11.6. The van der Waals surface area contributed by atoms with Gasteiger partial charge >= 0.3 is 6.09 Å². The summed E-state index contributed by atoms with van der Waals surface area (Å²) >= 11 is 0. The van der Waals surface area contributed by atoms with Gasteiger partial charge in [-0.05, 0) is 36.8 Å². The Kier molecular flexibility index (Phi) is 3.14. The Morgan fingerprint density at radius 2 is 2.06 bits per heavy atom. The molecular weight excluding hydrogens is 232 g/mol. The number of rotatable bonds is 2. The second-order valence-electron chi connectivity index (χ2n) is 3.84. The number of hydrogen-bond acceptors (Lipinski definition) is 2. The zero-order chi connectivity index (χ0) is 13.1. The molecule has 0 fully saturated rings. The molecule has 18 heavy (non-hydrogen) atoms. The first kappa shape index (κ1) is 11.9. The molecule has 92 valence electrons. The van der Waals surface area contributed by atoms with E-state index in [0.717, 1.165) is 5.56 Å². The van der Waals surface area contributed by atoms with Crippen LogP contribution in [0.2, 0.25) is 0 Å². The number of nitrogens with zero attached hydrogens (tertiary/aromatic N) is 1. The van der Waals surface area contributed by atoms with Crippen LogP contribution in [-0.2, 0) is 0 Å². The molecule has 1 aromatic carbocycles. The summed E-state index contributed by atoms with van der Waals surface area (Å²) in [6.07, 6.45) is 0.559. The van der Waals surface area contributed by atoms with Gasteiger partial charge in [0.25, 0.3) is 5.56 Å². The van der Waals surface area contributed by atoms with E-state index < -0.39 is 6.09 Å². The van der Waals surface area contributed by atoms with Crippen LogP contribution >= 0.6 is 0 Å². The van der Waals surface area contributed by atoms with Gasteiger partial charge in [0.2, 0.25) is 0 Å². The van der Waals surface area contributed by atoms with Crippen molar-refractivity contribution in [2.75, 3.05) is 5.32 Å². The Hall–Kier alpha value is -2.56. The molecule has 1 aromatic heterocycles. The number of carboxylic acid groups (broad SMARTS) is 1. The van der Waals surface area contributed by atoms with Gasteiger partial charge in [-0.2, -0.15) is 0 Å². The smallest absolute Gasteiger partial charge is 0.409 e. The fraction of sp³-hybridized carbons (Fsp3) is 0.0769. The second kappa shape index (κ2) is 4.75. The van der Waals surface area contributed by atoms with Crippen molar-refractivity contribution in [3.63, 3.8) is 0 Å². The van der Waals surface area contributed by atoms with Crippen LogP contribution in [0.25, 0.3) is 5.69 Å². The Bertz CT molecular complexity index is 647. The van der Waals surface area contributed by atoms with Crippen molar-refractivity contribution in [2.45, 2.75) is 6.92 Å². The predicted molar refractivity (Wildman–Crippen MR) is 68.4 cm³/mol. The van der Waals surface area contributed by atoms with Crippen LogP contribution in [0.3, 0.4) is 0 Å². The van der Waals surface area contributed by atoms with Crippen molar-refractivity contribution in [3.05, 3.63) is 58.5 Å². The predicted octanol–water partition coefficient (Wildman–Crippen LogP) is 2.24. The summed E-state index contributed by atoms with van der Waals surface area (Å²) in [5, 5.41) is 11.0. The summed E-state index contributed by atoms with van der Waals surface area (Å²) < 4.78 is 1.50. The third-order valence-corrected chi connectivity index (χ3v) is 2.55. The van der Waals surface area contributed by atoms with Crippen LogP contribution in [-0.4, -0.2) is 15.8 Å². The summed E-state index contributed by atoms with van der Waals surface area (Å²) in [6.45, 7) is 1.78. The Balaban J connectivity index is 2.44. The molecule has 0 saturated carbocycles. The molecule has 0 spiro atoms. The maximum Gasteiger partial charge on any atom is 0.409 e. The van der Waals surface area contributed by atoms with Gasteiger partial charge in [-0.25, -0.2) is 4.79 Å². The van der Waals surface area contributed by atoms with Crippen LogP contribution in [0.5, 0.6) is 0 Å². The lowest BCUT2D eigenvalue weighted by molar-refractivity contribution is 0.209. The highest BCUT2D eigenvalue weighted by atomic mass is 16.4. The van der Waals surface area contributed by atoms with Crippen molar-refractivity contribution in [3.8, 4) is 5.69 Å². The number of aromatic nitrogens is 1. The molecule has 0 aliphatic heterocycles. The minimum atomic E-state index is -1.11. The molecular formula is C13H12N2O3. The third kappa shape index (κ3) is 2.40. The highest BCUT2D eigenvalue weighted by Gasteiger charge is 2.04. The van der Waals surface area contributed by atoms with Crippen LogP contribution < -0.4 is 10.9 Å². The number of aryl methyl sites for hydroxylation is 1. The highest BCUT2D eigenvalue weighted by Crippen LogP contribution is 2.18. The van der Waals surface area contributed by atoms with Gasteiger partial charge in [0.15, 0.2) is 0 Å². The number of carbonyl (C=O) groups is 1. The minimum Gasteiger partial charge on any atom is -0.465 e. The van der Waals surface area contributed by atoms with Crippen LogP contribution in [0.15, 0.2) is 47.4 Å². The minimum absolute atomic E-state index is 0.129. The normalized spacial score (nSPS) is 10.1. The van der Waals surface area contributed by atoms with E-state index in [9.17, 15) is 9.59 Å². The van der Waals surface area contributed by atoms with Crippen LogP contribution in [0, 0.1) is 6.92 Å². The van der Waals surface area contributed by atoms with Gasteiger partial charge in [-0.1, -0.05) is 6.07 Å². The first-order valence-electron chi connectivity index (χ1n) is 5.36. The number of hydrogen-bond donors (Lipinski definition) is 2. The molecule has 1 amide bonds. The maximum absolute atomic E-state index is 11.6. The van der Waals surface area contributed by atoms with Crippen molar-refractivity contribution in [2.24, 2.45) is 0 Å². The van der Waals surface area contributed by atoms with E-state index >= 15 is 0 Å². The number of pyridine rings is 1. The van der Waals surface area contributed by atoms with E-state index in [1.807, 2.05) is 0 Å². The summed E-state index contributed by atoms with van der Waals surface area (Å²) in [5.74, 6) is 0. The standard InChI is InChI=1S/C13H12N2O3/c1-9-8-10(5-6-11(9)14-13(17)18)15-7-3-2-4-12(15)16/h2-8,14H,1H3,(H,17,18). The molecule has 1 heterocycles. The molecule has 0 aliphatic carbocycles. The van der Waals surface area contributed by atoms with Crippen molar-refractivity contribution in [1.29, 1.82) is 0 Å². The van der Waals surface area contributed by atoms with Gasteiger partial charge in [0, 0.05) is 23.6 Å². The molecule has 2 N–H and O–H groups in total. The second-order valence-corrected chi connectivity index (χ2v) is 3.84. The lowest BCUT2D eigenvalue weighted by Crippen LogP contribution is -2.16. The average Bonchev–Trinajstić information content (AvgIpc) is 2.32. The molecule has 2 aromatic rings. The van der Waals surface area contributed by atoms with Gasteiger partial charge in [0.05, 0.1) is 0 Å². The summed E-state index contributed by atoms with van der Waals surface area (Å²) in [5.41, 5.74) is 1.84. The molecule has 0 saturated heterocycles. The summed E-state index contributed by atoms with van der Waals surface area (Å²) in [4.78, 5) is 22.2. The molecule has 0 atom stereocenters. The van der Waals surface area contributed by atoms with E-state index in [1.165, 1.54) is 10.6 Å². The molecule has 0 radical (unpaired) electrons. The van der Waals surface area contributed by atoms with Crippen molar-refractivity contribution >= 4 is 11.8 Å². The van der Waals surface area contributed by atoms with Crippen LogP contribution in [0.4, 0.5) is 10.5 Å². The number of nitrogens with one attached hydrogen (secondary N) is 1. The van der Waals surface area contributed by atoms with Gasteiger partial charge in [-0.3, -0.25) is 14.7 Å². The van der Waals surface area contributed by atoms with Crippen molar-refractivity contribution < 1.29 is 9.90 Å². The zero-order valence-corrected chi connectivity index (χ0v) is 9.75. The van der Waals surface area contributed by atoms with Crippen LogP contribution in [0.1, 0.15) is 5.56 Å². The first-order valence-corrected chi connectivity index (χ1v) is 5.36. The fourth-order valence-corrected chi connectivity index (χ4v) is 1.69. The molecule has 0 unspecified atom stereocenters. The molecule has 5 heteroatoms. The summed E-state index contributed by atoms with van der Waals surface area (Å²) in [6, 6.07) is 10.00. The van der Waals surface area contributed by atoms with Gasteiger partial charge in [-0.15, -0.1) is 0 Å². The van der Waals surface area contributed by atoms with E-state index in [0.29, 0.717) is 11.4 Å². The SMILES string of the molecule is Cc1cc(-n2ccccc2=O)ccc1NC(=O)O. The molecule has 2 rings (SSSR count). The first-order chi connectivity index (χ1) is 8.58. The fourth-order valence-electron chi connectivity index (χ4n) is 1.69. The lowest BCUT2D eigenvalue weighted by atomic mass is 10.1. The molecule has 5 nitrogen and oxygen atoms in total. The Labute approximate surface area is 103 Å². The highest BCUT2D eigenvalue weighted by molar-refractivity contribution is 5.84. The Morgan fingerprint density at radius 3 is 2.67 bits per heavy atom. The third-order valence-electron chi connectivity index (χ3n) is 2.55. The van der Waals surface area contributed by atoms with Gasteiger partial charge in [0.1, 0.15) is 0 Å². The van der Waals surface area contributed by atoms with E-state index in [-0.39, 0.29) is 5.56 Å². The molecule has 0 bridgehead atoms. The summed E-state index contributed by atoms with van der Waals surface area (Å²) in [7, 11) is 0.